The number of aromatic nitrogens is 2. The molecule has 0 saturated carbocycles. The Morgan fingerprint density at radius 2 is 1.96 bits per heavy atom. The maximum absolute atomic E-state index is 11.5. The maximum atomic E-state index is 11.5. The normalized spacial score (nSPS) is 12.2. The van der Waals surface area contributed by atoms with Gasteiger partial charge in [-0.3, -0.25) is 0 Å². The first kappa shape index (κ1) is 17.0. The van der Waals surface area contributed by atoms with E-state index in [1.54, 1.807) is 20.3 Å². The maximum Gasteiger partial charge on any atom is 0.337 e. The van der Waals surface area contributed by atoms with Crippen LogP contribution in [0.15, 0.2) is 42.5 Å². The van der Waals surface area contributed by atoms with E-state index >= 15 is 0 Å². The molecular formula is C19H20N2O4. The number of carbonyl (C=O) groups is 1. The van der Waals surface area contributed by atoms with Gasteiger partial charge in [0, 0.05) is 19.6 Å². The molecule has 1 atom stereocenters. The number of hydrogen-bond acceptors (Lipinski definition) is 4. The fourth-order valence-electron chi connectivity index (χ4n) is 2.98. The van der Waals surface area contributed by atoms with Gasteiger partial charge in [-0.05, 0) is 24.1 Å². The van der Waals surface area contributed by atoms with Gasteiger partial charge in [-0.15, -0.1) is 0 Å². The zero-order valence-electron chi connectivity index (χ0n) is 14.2. The molecule has 25 heavy (non-hydrogen) atoms. The van der Waals surface area contributed by atoms with Crippen LogP contribution in [-0.4, -0.2) is 41.9 Å². The quantitative estimate of drug-likeness (QED) is 0.688. The van der Waals surface area contributed by atoms with Crippen LogP contribution in [0.5, 0.6) is 5.75 Å². The van der Waals surface area contributed by atoms with Crippen molar-refractivity contribution in [3.8, 4) is 5.75 Å². The van der Waals surface area contributed by atoms with E-state index < -0.39 is 5.97 Å². The highest BCUT2D eigenvalue weighted by Gasteiger charge is 2.22. The first-order valence-corrected chi connectivity index (χ1v) is 7.99. The van der Waals surface area contributed by atoms with E-state index in [0.717, 1.165) is 12.0 Å². The van der Waals surface area contributed by atoms with E-state index in [0.29, 0.717) is 29.2 Å². The highest BCUT2D eigenvalue weighted by molar-refractivity contribution is 6.02. The second-order valence-corrected chi connectivity index (χ2v) is 5.71. The molecule has 0 amide bonds. The van der Waals surface area contributed by atoms with Crippen LogP contribution in [0.2, 0.25) is 0 Å². The fraction of sp³-hybridized carbons (Fsp3) is 0.263. The average molecular weight is 340 g/mol. The third kappa shape index (κ3) is 3.34. The smallest absolute Gasteiger partial charge is 0.337 e. The molecule has 0 radical (unpaired) electrons. The van der Waals surface area contributed by atoms with Gasteiger partial charge < -0.3 is 19.6 Å². The Hall–Kier alpha value is -2.86. The topological polar surface area (TPSA) is 84.4 Å². The van der Waals surface area contributed by atoms with Crippen molar-refractivity contribution in [3.05, 3.63) is 59.4 Å². The summed E-state index contributed by atoms with van der Waals surface area (Å²) in [7, 11) is 3.21. The zero-order chi connectivity index (χ0) is 17.8. The second kappa shape index (κ2) is 7.36. The van der Waals surface area contributed by atoms with Crippen LogP contribution in [0.1, 0.15) is 34.1 Å². The highest BCUT2D eigenvalue weighted by atomic mass is 16.5. The first-order valence-electron chi connectivity index (χ1n) is 7.99. The van der Waals surface area contributed by atoms with Gasteiger partial charge in [0.15, 0.2) is 0 Å². The molecule has 3 aromatic rings. The lowest BCUT2D eigenvalue weighted by Crippen LogP contribution is -2.06. The number of nitrogens with one attached hydrogen (secondary N) is 1. The van der Waals surface area contributed by atoms with Gasteiger partial charge in [0.25, 0.3) is 0 Å². The van der Waals surface area contributed by atoms with Crippen LogP contribution in [0.3, 0.4) is 0 Å². The number of carboxylic acid groups (broad SMARTS) is 1. The van der Waals surface area contributed by atoms with Crippen molar-refractivity contribution in [2.45, 2.75) is 12.3 Å². The molecule has 0 aliphatic heterocycles. The predicted octanol–water partition coefficient (Wildman–Crippen LogP) is 3.44. The summed E-state index contributed by atoms with van der Waals surface area (Å²) in [6, 6.07) is 13.1. The molecule has 3 rings (SSSR count). The number of imidazole rings is 1. The summed E-state index contributed by atoms with van der Waals surface area (Å²) in [5, 5.41) is 9.44. The van der Waals surface area contributed by atoms with Crippen LogP contribution >= 0.6 is 0 Å². The molecule has 0 fully saturated rings. The van der Waals surface area contributed by atoms with Gasteiger partial charge in [0.05, 0.1) is 12.7 Å². The SMILES string of the molecule is COCCC(c1ccccc1)c1nc2c(C(=O)O)ccc(OC)c2[nH]1. The lowest BCUT2D eigenvalue weighted by atomic mass is 9.95. The number of ether oxygens (including phenoxy) is 2. The largest absolute Gasteiger partial charge is 0.494 e. The third-order valence-corrected chi connectivity index (χ3v) is 4.22. The Kier molecular flexibility index (Phi) is 5.00. The molecule has 2 aromatic carbocycles. The fourth-order valence-corrected chi connectivity index (χ4v) is 2.98. The van der Waals surface area contributed by atoms with Crippen LogP contribution in [-0.2, 0) is 4.74 Å². The number of rotatable bonds is 7. The molecule has 1 aromatic heterocycles. The van der Waals surface area contributed by atoms with Crippen molar-refractivity contribution in [2.75, 3.05) is 20.8 Å². The van der Waals surface area contributed by atoms with E-state index in [1.165, 1.54) is 6.07 Å². The molecule has 0 aliphatic rings. The Bertz CT molecular complexity index is 874. The highest BCUT2D eigenvalue weighted by Crippen LogP contribution is 2.32. The van der Waals surface area contributed by atoms with Crippen molar-refractivity contribution in [3.63, 3.8) is 0 Å². The number of nitrogens with zero attached hydrogens (tertiary/aromatic N) is 1. The van der Waals surface area contributed by atoms with E-state index in [-0.39, 0.29) is 11.5 Å². The molecule has 2 N–H and O–H groups in total. The summed E-state index contributed by atoms with van der Waals surface area (Å²) in [6.07, 6.45) is 0.727. The summed E-state index contributed by atoms with van der Waals surface area (Å²) < 4.78 is 10.6. The van der Waals surface area contributed by atoms with E-state index in [9.17, 15) is 9.90 Å². The Balaban J connectivity index is 2.14. The average Bonchev–Trinajstić information content (AvgIpc) is 3.06. The van der Waals surface area contributed by atoms with Crippen molar-refractivity contribution in [2.24, 2.45) is 0 Å². The summed E-state index contributed by atoms with van der Waals surface area (Å²) in [5.41, 5.74) is 2.24. The monoisotopic (exact) mass is 340 g/mol. The Morgan fingerprint density at radius 3 is 2.60 bits per heavy atom. The number of hydrogen-bond donors (Lipinski definition) is 2. The minimum absolute atomic E-state index is 0.0279. The molecule has 0 spiro atoms. The van der Waals surface area contributed by atoms with Crippen LogP contribution < -0.4 is 4.74 Å². The predicted molar refractivity (Wildman–Crippen MR) is 94.4 cm³/mol. The van der Waals surface area contributed by atoms with Crippen molar-refractivity contribution in [1.82, 2.24) is 9.97 Å². The number of benzene rings is 2. The summed E-state index contributed by atoms with van der Waals surface area (Å²) in [4.78, 5) is 19.4. The molecule has 1 heterocycles. The van der Waals surface area contributed by atoms with Crippen LogP contribution in [0.25, 0.3) is 11.0 Å². The lowest BCUT2D eigenvalue weighted by molar-refractivity contribution is 0.0699. The Morgan fingerprint density at radius 1 is 1.20 bits per heavy atom. The molecular weight excluding hydrogens is 320 g/mol. The molecule has 1 unspecified atom stereocenters. The standard InChI is InChI=1S/C19H20N2O4/c1-24-11-10-13(12-6-4-3-5-7-12)18-20-16-14(19(22)23)8-9-15(25-2)17(16)21-18/h3-9,13H,10-11H2,1-2H3,(H,20,21)(H,22,23). The molecule has 0 saturated heterocycles. The van der Waals surface area contributed by atoms with Gasteiger partial charge in [0.2, 0.25) is 0 Å². The Labute approximate surface area is 145 Å². The second-order valence-electron chi connectivity index (χ2n) is 5.71. The third-order valence-electron chi connectivity index (χ3n) is 4.22. The molecule has 0 bridgehead atoms. The molecule has 6 heteroatoms. The first-order chi connectivity index (χ1) is 12.2. The number of fused-ring (bicyclic) bond motifs is 1. The summed E-state index contributed by atoms with van der Waals surface area (Å²) >= 11 is 0. The molecule has 6 nitrogen and oxygen atoms in total. The number of methoxy groups -OCH3 is 2. The van der Waals surface area contributed by atoms with Gasteiger partial charge in [-0.2, -0.15) is 0 Å². The summed E-state index contributed by atoms with van der Waals surface area (Å²) in [6.45, 7) is 0.569. The number of H-pyrrole nitrogens is 1. The van der Waals surface area contributed by atoms with Gasteiger partial charge in [0.1, 0.15) is 22.6 Å². The van der Waals surface area contributed by atoms with Crippen molar-refractivity contribution < 1.29 is 19.4 Å². The van der Waals surface area contributed by atoms with E-state index in [1.807, 2.05) is 30.3 Å². The van der Waals surface area contributed by atoms with Crippen LogP contribution in [0, 0.1) is 0 Å². The minimum Gasteiger partial charge on any atom is -0.494 e. The van der Waals surface area contributed by atoms with Gasteiger partial charge >= 0.3 is 5.97 Å². The van der Waals surface area contributed by atoms with Crippen molar-refractivity contribution >= 4 is 17.0 Å². The van der Waals surface area contributed by atoms with Gasteiger partial charge in [-0.1, -0.05) is 30.3 Å². The number of aromatic carboxylic acids is 1. The molecule has 130 valence electrons. The molecule has 0 aliphatic carbocycles. The summed E-state index contributed by atoms with van der Waals surface area (Å²) in [5.74, 6) is 0.223. The lowest BCUT2D eigenvalue weighted by Gasteiger charge is -2.14. The van der Waals surface area contributed by atoms with E-state index in [2.05, 4.69) is 9.97 Å². The number of aromatic amines is 1. The van der Waals surface area contributed by atoms with Crippen LogP contribution in [0.4, 0.5) is 0 Å². The van der Waals surface area contributed by atoms with Crippen molar-refractivity contribution in [1.29, 1.82) is 0 Å². The van der Waals surface area contributed by atoms with E-state index in [4.69, 9.17) is 9.47 Å². The zero-order valence-corrected chi connectivity index (χ0v) is 14.2. The van der Waals surface area contributed by atoms with Gasteiger partial charge in [-0.25, -0.2) is 9.78 Å². The minimum atomic E-state index is -1.01. The number of carboxylic acids is 1.